The summed E-state index contributed by atoms with van der Waals surface area (Å²) in [5.41, 5.74) is 4.17. The zero-order chi connectivity index (χ0) is 21.2. The molecule has 0 aliphatic carbocycles. The molecular weight excluding hydrogens is 456 g/mol. The first-order valence-electron chi connectivity index (χ1n) is 9.49. The lowest BCUT2D eigenvalue weighted by molar-refractivity contribution is 0.102. The van der Waals surface area contributed by atoms with Gasteiger partial charge in [0, 0.05) is 27.5 Å². The van der Waals surface area contributed by atoms with Crippen LogP contribution >= 0.6 is 15.9 Å². The van der Waals surface area contributed by atoms with Crippen molar-refractivity contribution in [2.45, 2.75) is 0 Å². The van der Waals surface area contributed by atoms with Gasteiger partial charge in [-0.3, -0.25) is 9.78 Å². The van der Waals surface area contributed by atoms with Crippen LogP contribution in [0.5, 0.6) is 0 Å². The molecule has 0 radical (unpaired) electrons. The average molecular weight is 471 g/mol. The van der Waals surface area contributed by atoms with Crippen molar-refractivity contribution in [1.29, 1.82) is 0 Å². The molecule has 0 aliphatic heterocycles. The van der Waals surface area contributed by atoms with Crippen molar-refractivity contribution >= 4 is 33.2 Å². The van der Waals surface area contributed by atoms with Crippen LogP contribution in [0.25, 0.3) is 28.4 Å². The second-order valence-electron chi connectivity index (χ2n) is 6.77. The summed E-state index contributed by atoms with van der Waals surface area (Å²) in [5, 5.41) is 16.0. The molecular formula is C23H15BrN6O. The van der Waals surface area contributed by atoms with Gasteiger partial charge in [0.15, 0.2) is 5.65 Å². The van der Waals surface area contributed by atoms with Crippen LogP contribution in [0, 0.1) is 0 Å². The minimum atomic E-state index is -0.177. The van der Waals surface area contributed by atoms with E-state index in [0.717, 1.165) is 15.7 Å². The lowest BCUT2D eigenvalue weighted by Gasteiger charge is -2.08. The number of aromatic nitrogens is 5. The minimum absolute atomic E-state index is 0.177. The van der Waals surface area contributed by atoms with Crippen LogP contribution in [0.3, 0.4) is 0 Å². The highest BCUT2D eigenvalue weighted by atomic mass is 79.9. The molecule has 2 aromatic carbocycles. The molecule has 0 saturated carbocycles. The molecule has 0 atom stereocenters. The van der Waals surface area contributed by atoms with Gasteiger partial charge in [-0.05, 0) is 60.7 Å². The SMILES string of the molecule is O=C(Nc1cccc(-c2ccc3nnc(-c4ccccn4)n3n2)c1)c1ccc(Br)cc1. The number of amides is 1. The van der Waals surface area contributed by atoms with Crippen molar-refractivity contribution in [2.24, 2.45) is 0 Å². The Kier molecular flexibility index (Phi) is 4.97. The highest BCUT2D eigenvalue weighted by Crippen LogP contribution is 2.23. The van der Waals surface area contributed by atoms with E-state index in [0.29, 0.717) is 28.4 Å². The molecule has 1 amide bonds. The van der Waals surface area contributed by atoms with Crippen molar-refractivity contribution in [3.8, 4) is 22.8 Å². The number of nitrogens with zero attached hydrogens (tertiary/aromatic N) is 5. The molecule has 31 heavy (non-hydrogen) atoms. The van der Waals surface area contributed by atoms with E-state index < -0.39 is 0 Å². The number of carbonyl (C=O) groups excluding carboxylic acids is 1. The van der Waals surface area contributed by atoms with Crippen molar-refractivity contribution in [3.63, 3.8) is 0 Å². The Balaban J connectivity index is 1.46. The van der Waals surface area contributed by atoms with Crippen LogP contribution in [0.1, 0.15) is 10.4 Å². The van der Waals surface area contributed by atoms with Gasteiger partial charge in [0.05, 0.1) is 5.69 Å². The molecule has 5 rings (SSSR count). The number of pyridine rings is 1. The molecule has 1 N–H and O–H groups in total. The third-order valence-corrected chi connectivity index (χ3v) is 5.21. The van der Waals surface area contributed by atoms with Gasteiger partial charge in [0.25, 0.3) is 5.91 Å². The Morgan fingerprint density at radius 2 is 1.74 bits per heavy atom. The van der Waals surface area contributed by atoms with Gasteiger partial charge >= 0.3 is 0 Å². The summed E-state index contributed by atoms with van der Waals surface area (Å²) in [4.78, 5) is 16.9. The number of fused-ring (bicyclic) bond motifs is 1. The number of rotatable bonds is 4. The van der Waals surface area contributed by atoms with E-state index >= 15 is 0 Å². The number of carbonyl (C=O) groups is 1. The highest BCUT2D eigenvalue weighted by Gasteiger charge is 2.12. The van der Waals surface area contributed by atoms with E-state index in [1.54, 1.807) is 22.8 Å². The molecule has 0 unspecified atom stereocenters. The van der Waals surface area contributed by atoms with E-state index in [4.69, 9.17) is 5.10 Å². The topological polar surface area (TPSA) is 85.1 Å². The predicted molar refractivity (Wildman–Crippen MR) is 122 cm³/mol. The van der Waals surface area contributed by atoms with Gasteiger partial charge in [-0.25, -0.2) is 0 Å². The molecule has 5 aromatic rings. The monoisotopic (exact) mass is 470 g/mol. The maximum Gasteiger partial charge on any atom is 0.255 e. The molecule has 0 bridgehead atoms. The third kappa shape index (κ3) is 3.93. The Labute approximate surface area is 185 Å². The smallest absolute Gasteiger partial charge is 0.255 e. The van der Waals surface area contributed by atoms with Gasteiger partial charge in [-0.15, -0.1) is 10.2 Å². The van der Waals surface area contributed by atoms with Crippen LogP contribution in [0.4, 0.5) is 5.69 Å². The fraction of sp³-hybridized carbons (Fsp3) is 0. The Bertz CT molecular complexity index is 1380. The van der Waals surface area contributed by atoms with Gasteiger partial charge in [0.1, 0.15) is 5.69 Å². The zero-order valence-electron chi connectivity index (χ0n) is 16.1. The Hall–Kier alpha value is -3.91. The molecule has 8 heteroatoms. The minimum Gasteiger partial charge on any atom is -0.322 e. The molecule has 3 aromatic heterocycles. The number of hydrogen-bond donors (Lipinski definition) is 1. The van der Waals surface area contributed by atoms with Gasteiger partial charge in [-0.2, -0.15) is 9.61 Å². The number of anilines is 1. The lowest BCUT2D eigenvalue weighted by atomic mass is 10.1. The summed E-state index contributed by atoms with van der Waals surface area (Å²) in [6.45, 7) is 0. The number of nitrogens with one attached hydrogen (secondary N) is 1. The first-order chi connectivity index (χ1) is 15.2. The van der Waals surface area contributed by atoms with E-state index in [2.05, 4.69) is 36.4 Å². The normalized spacial score (nSPS) is 10.9. The standard InChI is InChI=1S/C23H15BrN6O/c24-17-9-7-15(8-10-17)23(31)26-18-5-3-4-16(14-18)19-11-12-21-27-28-22(30(21)29-19)20-6-1-2-13-25-20/h1-14H,(H,26,31). The number of halogens is 1. The van der Waals surface area contributed by atoms with Crippen molar-refractivity contribution in [1.82, 2.24) is 24.8 Å². The van der Waals surface area contributed by atoms with Gasteiger partial charge in [-0.1, -0.05) is 34.1 Å². The maximum absolute atomic E-state index is 12.5. The fourth-order valence-electron chi connectivity index (χ4n) is 3.16. The predicted octanol–water partition coefficient (Wildman–Crippen LogP) is 4.87. The molecule has 0 saturated heterocycles. The third-order valence-electron chi connectivity index (χ3n) is 4.68. The average Bonchev–Trinajstić information content (AvgIpc) is 3.23. The van der Waals surface area contributed by atoms with Crippen LogP contribution in [-0.4, -0.2) is 30.7 Å². The molecule has 7 nitrogen and oxygen atoms in total. The summed E-state index contributed by atoms with van der Waals surface area (Å²) >= 11 is 3.38. The number of hydrogen-bond acceptors (Lipinski definition) is 5. The van der Waals surface area contributed by atoms with Crippen molar-refractivity contribution in [2.75, 3.05) is 5.32 Å². The van der Waals surface area contributed by atoms with Crippen molar-refractivity contribution in [3.05, 3.63) is 95.1 Å². The zero-order valence-corrected chi connectivity index (χ0v) is 17.7. The Morgan fingerprint density at radius 1 is 0.871 bits per heavy atom. The first-order valence-corrected chi connectivity index (χ1v) is 10.3. The van der Waals surface area contributed by atoms with E-state index in [9.17, 15) is 4.79 Å². The van der Waals surface area contributed by atoms with Crippen LogP contribution in [0.2, 0.25) is 0 Å². The quantitative estimate of drug-likeness (QED) is 0.405. The van der Waals surface area contributed by atoms with E-state index in [1.807, 2.05) is 66.7 Å². The van der Waals surface area contributed by atoms with E-state index in [1.165, 1.54) is 0 Å². The molecule has 0 aliphatic rings. The number of benzene rings is 2. The molecule has 150 valence electrons. The summed E-state index contributed by atoms with van der Waals surface area (Å²) < 4.78 is 2.59. The summed E-state index contributed by atoms with van der Waals surface area (Å²) in [5.74, 6) is 0.390. The van der Waals surface area contributed by atoms with Crippen molar-refractivity contribution < 1.29 is 4.79 Å². The van der Waals surface area contributed by atoms with Crippen LogP contribution < -0.4 is 5.32 Å². The second-order valence-corrected chi connectivity index (χ2v) is 7.68. The summed E-state index contributed by atoms with van der Waals surface area (Å²) in [7, 11) is 0. The summed E-state index contributed by atoms with van der Waals surface area (Å²) in [6.07, 6.45) is 1.71. The maximum atomic E-state index is 12.5. The fourth-order valence-corrected chi connectivity index (χ4v) is 3.42. The highest BCUT2D eigenvalue weighted by molar-refractivity contribution is 9.10. The first kappa shape index (κ1) is 19.1. The largest absolute Gasteiger partial charge is 0.322 e. The van der Waals surface area contributed by atoms with Crippen LogP contribution in [0.15, 0.2) is 89.5 Å². The summed E-state index contributed by atoms with van der Waals surface area (Å²) in [6, 6.07) is 24.1. The molecule has 0 fully saturated rings. The molecule has 0 spiro atoms. The van der Waals surface area contributed by atoms with Gasteiger partial charge < -0.3 is 5.32 Å². The van der Waals surface area contributed by atoms with Gasteiger partial charge in [0.2, 0.25) is 5.82 Å². The second kappa shape index (κ2) is 8.08. The molecule has 3 heterocycles. The lowest BCUT2D eigenvalue weighted by Crippen LogP contribution is -2.11. The van der Waals surface area contributed by atoms with Crippen LogP contribution in [-0.2, 0) is 0 Å². The van der Waals surface area contributed by atoms with E-state index in [-0.39, 0.29) is 5.91 Å². The Morgan fingerprint density at radius 3 is 2.55 bits per heavy atom.